The summed E-state index contributed by atoms with van der Waals surface area (Å²) < 4.78 is 0. The molecule has 2 aliphatic rings. The van der Waals surface area contributed by atoms with E-state index in [1.165, 1.54) is 18.5 Å². The minimum Gasteiger partial charge on any atom is -0.369 e. The van der Waals surface area contributed by atoms with Gasteiger partial charge in [0.1, 0.15) is 0 Å². The van der Waals surface area contributed by atoms with Crippen molar-refractivity contribution in [2.45, 2.75) is 26.2 Å². The molecule has 0 spiro atoms. The van der Waals surface area contributed by atoms with E-state index < -0.39 is 0 Å². The van der Waals surface area contributed by atoms with Crippen LogP contribution < -0.4 is 10.2 Å². The summed E-state index contributed by atoms with van der Waals surface area (Å²) in [6, 6.07) is 9.13. The Kier molecular flexibility index (Phi) is 3.49. The Balaban J connectivity index is 0.000000963. The summed E-state index contributed by atoms with van der Waals surface area (Å²) in [5.41, 5.74) is 2.96. The van der Waals surface area contributed by atoms with Crippen molar-refractivity contribution in [1.82, 2.24) is 5.32 Å². The molecule has 0 aromatic heterocycles. The lowest BCUT2D eigenvalue weighted by Gasteiger charge is -2.29. The molecular weight excluding hydrogens is 196 g/mol. The number of hydrogen-bond donors (Lipinski definition) is 1. The Bertz CT molecular complexity index is 338. The first-order valence-electron chi connectivity index (χ1n) is 5.99. The Morgan fingerprint density at radius 3 is 2.56 bits per heavy atom. The van der Waals surface area contributed by atoms with E-state index in [1.54, 1.807) is 5.56 Å². The second-order valence-corrected chi connectivity index (χ2v) is 4.61. The van der Waals surface area contributed by atoms with Crippen LogP contribution in [0.3, 0.4) is 0 Å². The van der Waals surface area contributed by atoms with Crippen LogP contribution in [0.15, 0.2) is 24.3 Å². The van der Waals surface area contributed by atoms with Crippen molar-refractivity contribution in [3.63, 3.8) is 0 Å². The molecule has 2 fully saturated rings. The van der Waals surface area contributed by atoms with Crippen LogP contribution in [0.5, 0.6) is 0 Å². The predicted octanol–water partition coefficient (Wildman–Crippen LogP) is 2.61. The zero-order chi connectivity index (χ0) is 10.1. The maximum Gasteiger partial charge on any atom is 0.0369 e. The summed E-state index contributed by atoms with van der Waals surface area (Å²) in [5, 5.41) is 3.39. The molecule has 0 radical (unpaired) electrons. The highest BCUT2D eigenvalue weighted by atomic mass is 15.2. The van der Waals surface area contributed by atoms with Gasteiger partial charge >= 0.3 is 0 Å². The predicted molar refractivity (Wildman–Crippen MR) is 70.2 cm³/mol. The largest absolute Gasteiger partial charge is 0.369 e. The average molecular weight is 218 g/mol. The number of anilines is 1. The third kappa shape index (κ3) is 2.38. The highest BCUT2D eigenvalue weighted by Gasteiger charge is 2.23. The van der Waals surface area contributed by atoms with Crippen LogP contribution >= 0.6 is 0 Å². The van der Waals surface area contributed by atoms with E-state index in [1.807, 2.05) is 0 Å². The lowest BCUT2D eigenvalue weighted by Crippen LogP contribution is -2.43. The van der Waals surface area contributed by atoms with Crippen molar-refractivity contribution in [3.05, 3.63) is 29.8 Å². The lowest BCUT2D eigenvalue weighted by atomic mass is 10.1. The fourth-order valence-corrected chi connectivity index (χ4v) is 2.32. The topological polar surface area (TPSA) is 15.3 Å². The quantitative estimate of drug-likeness (QED) is 0.821. The van der Waals surface area contributed by atoms with E-state index >= 15 is 0 Å². The fourth-order valence-electron chi connectivity index (χ4n) is 2.32. The Labute approximate surface area is 98.7 Å². The smallest absolute Gasteiger partial charge is 0.0369 e. The van der Waals surface area contributed by atoms with E-state index in [0.29, 0.717) is 0 Å². The first kappa shape index (κ1) is 11.5. The van der Waals surface area contributed by atoms with Crippen LogP contribution in [0.1, 0.15) is 31.7 Å². The number of nitrogens with one attached hydrogen (secondary N) is 1. The van der Waals surface area contributed by atoms with Crippen LogP contribution in [-0.4, -0.2) is 26.2 Å². The maximum atomic E-state index is 3.39. The number of hydrogen-bond acceptors (Lipinski definition) is 2. The van der Waals surface area contributed by atoms with E-state index in [4.69, 9.17) is 0 Å². The zero-order valence-electron chi connectivity index (χ0n) is 9.08. The average Bonchev–Trinajstić information content (AvgIpc) is 3.14. The van der Waals surface area contributed by atoms with E-state index in [0.717, 1.165) is 32.1 Å². The summed E-state index contributed by atoms with van der Waals surface area (Å²) in [5.74, 6) is 0.868. The zero-order valence-corrected chi connectivity index (χ0v) is 9.08. The first-order chi connectivity index (χ1) is 7.43. The minimum absolute atomic E-state index is 0. The number of benzene rings is 1. The van der Waals surface area contributed by atoms with E-state index in [9.17, 15) is 0 Å². The van der Waals surface area contributed by atoms with Crippen molar-refractivity contribution < 1.29 is 0 Å². The molecule has 3 rings (SSSR count). The molecule has 1 aromatic carbocycles. The van der Waals surface area contributed by atoms with Gasteiger partial charge in [0.15, 0.2) is 0 Å². The van der Waals surface area contributed by atoms with Gasteiger partial charge in [-0.1, -0.05) is 19.6 Å². The first-order valence-corrected chi connectivity index (χ1v) is 5.99. The number of rotatable bonds is 2. The SMILES string of the molecule is C.c1cc(C2CC2)cc(N2CCNCC2)c1. The molecule has 88 valence electrons. The Morgan fingerprint density at radius 2 is 1.88 bits per heavy atom. The Morgan fingerprint density at radius 1 is 1.12 bits per heavy atom. The van der Waals surface area contributed by atoms with E-state index in [-0.39, 0.29) is 7.43 Å². The van der Waals surface area contributed by atoms with Gasteiger partial charge in [0.05, 0.1) is 0 Å². The third-order valence-electron chi connectivity index (χ3n) is 3.40. The lowest BCUT2D eigenvalue weighted by molar-refractivity contribution is 0.589. The molecule has 1 heterocycles. The third-order valence-corrected chi connectivity index (χ3v) is 3.40. The standard InChI is InChI=1S/C13H18N2.CH4/c1-2-12(11-4-5-11)10-13(3-1)15-8-6-14-7-9-15;/h1-3,10-11,14H,4-9H2;1H4. The summed E-state index contributed by atoms with van der Waals surface area (Å²) in [6.45, 7) is 4.53. The normalized spacial score (nSPS) is 20.4. The molecule has 1 N–H and O–H groups in total. The van der Waals surface area contributed by atoms with Crippen LogP contribution in [-0.2, 0) is 0 Å². The van der Waals surface area contributed by atoms with Crippen LogP contribution in [0.2, 0.25) is 0 Å². The Hall–Kier alpha value is -1.02. The van der Waals surface area contributed by atoms with Crippen LogP contribution in [0.25, 0.3) is 0 Å². The van der Waals surface area contributed by atoms with Crippen molar-refractivity contribution >= 4 is 5.69 Å². The molecule has 1 aliphatic heterocycles. The van der Waals surface area contributed by atoms with Gasteiger partial charge in [-0.15, -0.1) is 0 Å². The number of nitrogens with zero attached hydrogens (tertiary/aromatic N) is 1. The van der Waals surface area contributed by atoms with Gasteiger partial charge in [0.25, 0.3) is 0 Å². The van der Waals surface area contributed by atoms with Gasteiger partial charge in [-0.25, -0.2) is 0 Å². The second-order valence-electron chi connectivity index (χ2n) is 4.61. The molecule has 1 saturated carbocycles. The molecule has 2 nitrogen and oxygen atoms in total. The summed E-state index contributed by atoms with van der Waals surface area (Å²) in [6.07, 6.45) is 2.79. The number of piperazine rings is 1. The molecule has 0 bridgehead atoms. The van der Waals surface area contributed by atoms with Gasteiger partial charge in [-0.05, 0) is 36.5 Å². The van der Waals surface area contributed by atoms with Crippen molar-refractivity contribution in [2.75, 3.05) is 31.1 Å². The molecule has 1 aliphatic carbocycles. The second kappa shape index (κ2) is 4.88. The van der Waals surface area contributed by atoms with Gasteiger partial charge in [-0.2, -0.15) is 0 Å². The molecule has 1 saturated heterocycles. The monoisotopic (exact) mass is 218 g/mol. The molecule has 2 heteroatoms. The molecule has 0 amide bonds. The molecule has 0 atom stereocenters. The van der Waals surface area contributed by atoms with Crippen molar-refractivity contribution in [3.8, 4) is 0 Å². The minimum atomic E-state index is 0. The molecule has 0 unspecified atom stereocenters. The molecule has 16 heavy (non-hydrogen) atoms. The van der Waals surface area contributed by atoms with Crippen LogP contribution in [0.4, 0.5) is 5.69 Å². The summed E-state index contributed by atoms with van der Waals surface area (Å²) in [7, 11) is 0. The highest BCUT2D eigenvalue weighted by Crippen LogP contribution is 2.40. The fraction of sp³-hybridized carbons (Fsp3) is 0.571. The van der Waals surface area contributed by atoms with Gasteiger partial charge in [0.2, 0.25) is 0 Å². The van der Waals surface area contributed by atoms with Crippen molar-refractivity contribution in [2.24, 2.45) is 0 Å². The van der Waals surface area contributed by atoms with Crippen LogP contribution in [0, 0.1) is 0 Å². The van der Waals surface area contributed by atoms with Crippen molar-refractivity contribution in [1.29, 1.82) is 0 Å². The molecule has 1 aromatic rings. The molecular formula is C14H22N2. The van der Waals surface area contributed by atoms with Gasteiger partial charge < -0.3 is 10.2 Å². The van der Waals surface area contributed by atoms with Gasteiger partial charge in [0, 0.05) is 31.9 Å². The van der Waals surface area contributed by atoms with Gasteiger partial charge in [-0.3, -0.25) is 0 Å². The highest BCUT2D eigenvalue weighted by molar-refractivity contribution is 5.50. The van der Waals surface area contributed by atoms with E-state index in [2.05, 4.69) is 34.5 Å². The maximum absolute atomic E-state index is 3.39. The summed E-state index contributed by atoms with van der Waals surface area (Å²) in [4.78, 5) is 2.49. The summed E-state index contributed by atoms with van der Waals surface area (Å²) >= 11 is 0.